The second-order valence-electron chi connectivity index (χ2n) is 7.83. The van der Waals surface area contributed by atoms with Gasteiger partial charge in [0.2, 0.25) is 0 Å². The van der Waals surface area contributed by atoms with Gasteiger partial charge < -0.3 is 15.4 Å². The summed E-state index contributed by atoms with van der Waals surface area (Å²) in [5, 5.41) is 12.4. The smallest absolute Gasteiger partial charge is 0.378 e. The molecule has 0 radical (unpaired) electrons. The molecule has 0 spiro atoms. The Labute approximate surface area is 197 Å². The van der Waals surface area contributed by atoms with Crippen LogP contribution in [0.3, 0.4) is 0 Å². The van der Waals surface area contributed by atoms with Crippen LogP contribution in [0.25, 0.3) is 16.9 Å². The van der Waals surface area contributed by atoms with Crippen molar-refractivity contribution in [3.8, 4) is 5.82 Å². The van der Waals surface area contributed by atoms with Crippen LogP contribution in [-0.2, 0) is 17.5 Å². The molecule has 0 aliphatic carbocycles. The molecule has 0 fully saturated rings. The molecule has 4 heterocycles. The molecular weight excluding hydrogens is 465 g/mol. The van der Waals surface area contributed by atoms with Gasteiger partial charge in [-0.15, -0.1) is 4.80 Å². The Morgan fingerprint density at radius 1 is 1.11 bits per heavy atom. The van der Waals surface area contributed by atoms with Crippen molar-refractivity contribution in [2.24, 2.45) is 0 Å². The molecule has 2 N–H and O–H groups in total. The van der Waals surface area contributed by atoms with Crippen LogP contribution >= 0.6 is 0 Å². The maximum absolute atomic E-state index is 13.6. The molecule has 182 valence electrons. The van der Waals surface area contributed by atoms with Gasteiger partial charge in [-0.25, -0.2) is 14.8 Å². The van der Waals surface area contributed by atoms with Crippen LogP contribution in [0.4, 0.5) is 29.3 Å². The lowest BCUT2D eigenvalue weighted by Gasteiger charge is -2.17. The highest BCUT2D eigenvalue weighted by Gasteiger charge is 2.36. The number of hydrogen-bond acceptors (Lipinski definition) is 7. The Morgan fingerprint density at radius 2 is 1.86 bits per heavy atom. The molecule has 0 saturated carbocycles. The Balaban J connectivity index is 1.63. The second kappa shape index (κ2) is 9.62. The minimum atomic E-state index is -4.75. The van der Waals surface area contributed by atoms with Crippen molar-refractivity contribution in [3.63, 3.8) is 0 Å². The summed E-state index contributed by atoms with van der Waals surface area (Å²) in [5.41, 5.74) is 1.79. The number of carbonyl (C=O) groups excluding carboxylic acids is 1. The van der Waals surface area contributed by atoms with Crippen molar-refractivity contribution in [1.82, 2.24) is 29.9 Å². The van der Waals surface area contributed by atoms with Gasteiger partial charge in [0, 0.05) is 12.7 Å². The summed E-state index contributed by atoms with van der Waals surface area (Å²) < 4.78 is 46.0. The Morgan fingerprint density at radius 3 is 2.51 bits per heavy atom. The Bertz CT molecular complexity index is 1360. The number of anilines is 2. The third kappa shape index (κ3) is 5.19. The molecule has 0 saturated heterocycles. The molecule has 2 amide bonds. The van der Waals surface area contributed by atoms with Gasteiger partial charge in [0.1, 0.15) is 5.56 Å². The summed E-state index contributed by atoms with van der Waals surface area (Å²) in [7, 11) is 1.56. The molecule has 4 aromatic heterocycles. The SMILES string of the molecule is COCc1ccc2ncc(NC(=O)Nc3cnc(-n4nccn4)c(C(F)(F)F)c3)c(C(C)C)c2n1. The zero-order valence-corrected chi connectivity index (χ0v) is 19.0. The largest absolute Gasteiger partial charge is 0.420 e. The van der Waals surface area contributed by atoms with E-state index in [-0.39, 0.29) is 11.6 Å². The van der Waals surface area contributed by atoms with E-state index in [4.69, 9.17) is 4.74 Å². The molecule has 0 atom stereocenters. The van der Waals surface area contributed by atoms with Crippen LogP contribution in [0.1, 0.15) is 36.6 Å². The monoisotopic (exact) mass is 486 g/mol. The lowest BCUT2D eigenvalue weighted by Crippen LogP contribution is -2.22. The topological polar surface area (TPSA) is 120 Å². The van der Waals surface area contributed by atoms with Gasteiger partial charge in [0.15, 0.2) is 5.82 Å². The van der Waals surface area contributed by atoms with Gasteiger partial charge in [0.05, 0.1) is 59.5 Å². The van der Waals surface area contributed by atoms with Crippen LogP contribution in [-0.4, -0.2) is 43.1 Å². The van der Waals surface area contributed by atoms with Crippen molar-refractivity contribution in [1.29, 1.82) is 0 Å². The van der Waals surface area contributed by atoms with Crippen LogP contribution in [0.2, 0.25) is 0 Å². The average Bonchev–Trinajstić information content (AvgIpc) is 3.33. The third-order valence-electron chi connectivity index (χ3n) is 4.97. The third-order valence-corrected chi connectivity index (χ3v) is 4.97. The van der Waals surface area contributed by atoms with E-state index >= 15 is 0 Å². The van der Waals surface area contributed by atoms with Gasteiger partial charge >= 0.3 is 12.2 Å². The molecule has 10 nitrogen and oxygen atoms in total. The minimum absolute atomic E-state index is 0.0413. The number of ether oxygens (including phenoxy) is 1. The first-order chi connectivity index (χ1) is 16.7. The summed E-state index contributed by atoms with van der Waals surface area (Å²) in [6.07, 6.45) is 0.300. The molecule has 4 aromatic rings. The number of nitrogens with zero attached hydrogens (tertiary/aromatic N) is 6. The first-order valence-corrected chi connectivity index (χ1v) is 10.5. The summed E-state index contributed by atoms with van der Waals surface area (Å²) in [6.45, 7) is 4.18. The number of halogens is 3. The van der Waals surface area contributed by atoms with E-state index in [2.05, 4.69) is 35.8 Å². The fourth-order valence-corrected chi connectivity index (χ4v) is 3.54. The minimum Gasteiger partial charge on any atom is -0.378 e. The normalized spacial score (nSPS) is 11.7. The van der Waals surface area contributed by atoms with E-state index in [0.29, 0.717) is 29.0 Å². The maximum atomic E-state index is 13.6. The van der Waals surface area contributed by atoms with Crippen molar-refractivity contribution in [3.05, 3.63) is 59.8 Å². The second-order valence-corrected chi connectivity index (χ2v) is 7.83. The number of aromatic nitrogens is 6. The molecule has 13 heteroatoms. The van der Waals surface area contributed by atoms with Gasteiger partial charge in [-0.1, -0.05) is 13.8 Å². The van der Waals surface area contributed by atoms with Crippen LogP contribution < -0.4 is 10.6 Å². The predicted octanol–water partition coefficient (Wildman–Crippen LogP) is 4.54. The summed E-state index contributed by atoms with van der Waals surface area (Å²) >= 11 is 0. The predicted molar refractivity (Wildman–Crippen MR) is 121 cm³/mol. The molecule has 0 aliphatic rings. The Kier molecular flexibility index (Phi) is 6.60. The first-order valence-electron chi connectivity index (χ1n) is 10.5. The van der Waals surface area contributed by atoms with E-state index in [9.17, 15) is 18.0 Å². The fraction of sp³-hybridized carbons (Fsp3) is 0.273. The molecule has 0 aliphatic heterocycles. The number of rotatable bonds is 6. The number of methoxy groups -OCH3 is 1. The fourth-order valence-electron chi connectivity index (χ4n) is 3.54. The molecule has 35 heavy (non-hydrogen) atoms. The van der Waals surface area contributed by atoms with Gasteiger partial charge in [-0.3, -0.25) is 4.98 Å². The maximum Gasteiger partial charge on any atom is 0.420 e. The van der Waals surface area contributed by atoms with E-state index in [1.807, 2.05) is 19.9 Å². The quantitative estimate of drug-likeness (QED) is 0.411. The first kappa shape index (κ1) is 24.0. The van der Waals surface area contributed by atoms with Gasteiger partial charge in [-0.2, -0.15) is 23.4 Å². The standard InChI is InChI=1S/C22H21F3N8O2/c1-12(2)18-17(10-26-16-5-4-13(11-35-3)30-19(16)18)32-21(34)31-14-8-15(22(23,24)25)20(27-9-14)33-28-6-7-29-33/h4-10,12H,11H2,1-3H3,(H2,31,32,34). The number of hydrogen-bond donors (Lipinski definition) is 2. The number of carbonyl (C=O) groups is 1. The van der Waals surface area contributed by atoms with E-state index < -0.39 is 23.6 Å². The molecular formula is C22H21F3N8O2. The van der Waals surface area contributed by atoms with Crippen molar-refractivity contribution in [2.75, 3.05) is 17.7 Å². The van der Waals surface area contributed by atoms with E-state index in [1.165, 1.54) is 18.6 Å². The van der Waals surface area contributed by atoms with Gasteiger partial charge in [0.25, 0.3) is 0 Å². The lowest BCUT2D eigenvalue weighted by atomic mass is 10.00. The highest BCUT2D eigenvalue weighted by Crippen LogP contribution is 2.34. The summed E-state index contributed by atoms with van der Waals surface area (Å²) in [4.78, 5) is 26.2. The number of amides is 2. The van der Waals surface area contributed by atoms with E-state index in [1.54, 1.807) is 13.2 Å². The van der Waals surface area contributed by atoms with Gasteiger partial charge in [-0.05, 0) is 24.1 Å². The number of alkyl halides is 3. The van der Waals surface area contributed by atoms with Crippen LogP contribution in [0.5, 0.6) is 0 Å². The summed E-state index contributed by atoms with van der Waals surface area (Å²) in [5.74, 6) is -0.548. The molecule has 4 rings (SSSR count). The van der Waals surface area contributed by atoms with Crippen molar-refractivity contribution >= 4 is 28.4 Å². The zero-order chi connectivity index (χ0) is 25.2. The molecule has 0 bridgehead atoms. The lowest BCUT2D eigenvalue weighted by molar-refractivity contribution is -0.137. The molecule has 0 aromatic carbocycles. The zero-order valence-electron chi connectivity index (χ0n) is 19.0. The number of urea groups is 1. The average molecular weight is 486 g/mol. The summed E-state index contributed by atoms with van der Waals surface area (Å²) in [6, 6.07) is 3.62. The van der Waals surface area contributed by atoms with Crippen molar-refractivity contribution < 1.29 is 22.7 Å². The number of nitrogens with one attached hydrogen (secondary N) is 2. The highest BCUT2D eigenvalue weighted by atomic mass is 19.4. The van der Waals surface area contributed by atoms with Crippen molar-refractivity contribution in [2.45, 2.75) is 32.5 Å². The Hall–Kier alpha value is -4.13. The van der Waals surface area contributed by atoms with Crippen LogP contribution in [0, 0.1) is 0 Å². The number of fused-ring (bicyclic) bond motifs is 1. The highest BCUT2D eigenvalue weighted by molar-refractivity contribution is 6.01. The number of pyridine rings is 3. The van der Waals surface area contributed by atoms with E-state index in [0.717, 1.165) is 22.6 Å². The van der Waals surface area contributed by atoms with Crippen LogP contribution in [0.15, 0.2) is 43.0 Å². The molecule has 0 unspecified atom stereocenters.